The zero-order chi connectivity index (χ0) is 27.3. The summed E-state index contributed by atoms with van der Waals surface area (Å²) < 4.78 is 10.5. The lowest BCUT2D eigenvalue weighted by Gasteiger charge is -2.35. The quantitative estimate of drug-likeness (QED) is 0.221. The summed E-state index contributed by atoms with van der Waals surface area (Å²) in [5.74, 6) is -0.644. The molecule has 0 bridgehead atoms. The molecule has 0 aliphatic heterocycles. The number of carbonyl (C=O) groups is 2. The molecule has 1 amide bonds. The van der Waals surface area contributed by atoms with Crippen molar-refractivity contribution < 1.29 is 23.8 Å². The topological polar surface area (TPSA) is 104 Å². The van der Waals surface area contributed by atoms with Crippen molar-refractivity contribution in [3.05, 3.63) is 77.7 Å². The minimum absolute atomic E-state index is 0.130. The van der Waals surface area contributed by atoms with Crippen LogP contribution < -0.4 is 20.3 Å². The third-order valence-electron chi connectivity index (χ3n) is 6.44. The van der Waals surface area contributed by atoms with Crippen LogP contribution in [0.15, 0.2) is 65.5 Å². The van der Waals surface area contributed by atoms with Crippen molar-refractivity contribution in [2.75, 3.05) is 30.4 Å². The molecule has 8 heteroatoms. The van der Waals surface area contributed by atoms with Gasteiger partial charge in [-0.2, -0.15) is 0 Å². The first-order valence-corrected chi connectivity index (χ1v) is 13.3. The van der Waals surface area contributed by atoms with Crippen LogP contribution in [0.5, 0.6) is 5.75 Å². The van der Waals surface area contributed by atoms with E-state index in [1.807, 2.05) is 43.4 Å². The third kappa shape index (κ3) is 8.30. The zero-order valence-electron chi connectivity index (χ0n) is 22.5. The van der Waals surface area contributed by atoms with Crippen molar-refractivity contribution in [1.82, 2.24) is 5.32 Å². The van der Waals surface area contributed by atoms with Gasteiger partial charge in [0.15, 0.2) is 6.61 Å². The number of nitrogens with one attached hydrogen (secondary N) is 2. The minimum atomic E-state index is -1.02. The van der Waals surface area contributed by atoms with E-state index in [0.717, 1.165) is 54.7 Å². The number of hydrogen-bond donors (Lipinski definition) is 3. The van der Waals surface area contributed by atoms with Gasteiger partial charge in [0.2, 0.25) is 0 Å². The van der Waals surface area contributed by atoms with Gasteiger partial charge in [-0.3, -0.25) is 4.79 Å². The Morgan fingerprint density at radius 3 is 2.37 bits per heavy atom. The fourth-order valence-electron chi connectivity index (χ4n) is 4.56. The number of amides is 1. The lowest BCUT2D eigenvalue weighted by molar-refractivity contribution is -0.139. The molecule has 0 radical (unpaired) electrons. The number of anilines is 2. The Labute approximate surface area is 225 Å². The van der Waals surface area contributed by atoms with Crippen molar-refractivity contribution >= 4 is 23.3 Å². The van der Waals surface area contributed by atoms with Crippen LogP contribution in [0.25, 0.3) is 0 Å². The van der Waals surface area contributed by atoms with E-state index in [9.17, 15) is 9.59 Å². The molecule has 0 saturated carbocycles. The van der Waals surface area contributed by atoms with Crippen LogP contribution >= 0.6 is 0 Å². The van der Waals surface area contributed by atoms with Gasteiger partial charge in [-0.05, 0) is 61.2 Å². The van der Waals surface area contributed by atoms with Crippen LogP contribution in [0.1, 0.15) is 61.0 Å². The SMILES string of the molecule is CCCC(CCC)N(Cc1ccoc1)c1ccc(C(=O)NCCc2ccc(OCC(=O)O)cc2)cc1NC. The monoisotopic (exact) mass is 521 g/mol. The number of hydrogen-bond acceptors (Lipinski definition) is 6. The Hall–Kier alpha value is -3.94. The first-order chi connectivity index (χ1) is 18.4. The molecule has 2 aromatic carbocycles. The van der Waals surface area contributed by atoms with Gasteiger partial charge >= 0.3 is 5.97 Å². The summed E-state index contributed by atoms with van der Waals surface area (Å²) in [6.07, 6.45) is 8.51. The van der Waals surface area contributed by atoms with Crippen molar-refractivity contribution in [3.8, 4) is 5.75 Å². The van der Waals surface area contributed by atoms with Crippen molar-refractivity contribution in [3.63, 3.8) is 0 Å². The second-order valence-electron chi connectivity index (χ2n) is 9.30. The van der Waals surface area contributed by atoms with Crippen molar-refractivity contribution in [1.29, 1.82) is 0 Å². The normalized spacial score (nSPS) is 10.8. The van der Waals surface area contributed by atoms with Gasteiger partial charge in [-0.15, -0.1) is 0 Å². The maximum atomic E-state index is 12.9. The highest BCUT2D eigenvalue weighted by atomic mass is 16.5. The number of aliphatic carboxylic acids is 1. The Balaban J connectivity index is 1.68. The molecule has 0 aliphatic carbocycles. The van der Waals surface area contributed by atoms with E-state index in [2.05, 4.69) is 29.4 Å². The molecule has 0 saturated heterocycles. The first kappa shape index (κ1) is 28.6. The molecule has 0 atom stereocenters. The van der Waals surface area contributed by atoms with E-state index in [4.69, 9.17) is 14.3 Å². The number of rotatable bonds is 16. The molecule has 0 unspecified atom stereocenters. The van der Waals surface area contributed by atoms with E-state index >= 15 is 0 Å². The summed E-state index contributed by atoms with van der Waals surface area (Å²) in [5.41, 5.74) is 4.72. The van der Waals surface area contributed by atoms with Gasteiger partial charge < -0.3 is 29.8 Å². The highest BCUT2D eigenvalue weighted by Crippen LogP contribution is 2.32. The fourth-order valence-corrected chi connectivity index (χ4v) is 4.56. The Kier molecular flexibility index (Phi) is 11.1. The summed E-state index contributed by atoms with van der Waals surface area (Å²) in [6.45, 7) is 5.27. The summed E-state index contributed by atoms with van der Waals surface area (Å²) in [6, 6.07) is 15.4. The van der Waals surface area contributed by atoms with Gasteiger partial charge in [0.1, 0.15) is 5.75 Å². The predicted octanol–water partition coefficient (Wildman–Crippen LogP) is 5.73. The van der Waals surface area contributed by atoms with Gasteiger partial charge in [-0.1, -0.05) is 38.8 Å². The van der Waals surface area contributed by atoms with Crippen LogP contribution in [-0.4, -0.2) is 43.2 Å². The molecule has 38 heavy (non-hydrogen) atoms. The molecule has 8 nitrogen and oxygen atoms in total. The second kappa shape index (κ2) is 14.7. The lowest BCUT2D eigenvalue weighted by atomic mass is 10.0. The Bertz CT molecular complexity index is 1140. The average molecular weight is 522 g/mol. The number of benzene rings is 2. The van der Waals surface area contributed by atoms with Gasteiger partial charge in [0.25, 0.3) is 5.91 Å². The van der Waals surface area contributed by atoms with E-state index in [1.54, 1.807) is 24.7 Å². The summed E-state index contributed by atoms with van der Waals surface area (Å²) in [7, 11) is 1.88. The summed E-state index contributed by atoms with van der Waals surface area (Å²) in [5, 5.41) is 15.0. The number of carbonyl (C=O) groups excluding carboxylic acids is 1. The van der Waals surface area contributed by atoms with Gasteiger partial charge in [-0.25, -0.2) is 4.79 Å². The fraction of sp³-hybridized carbons (Fsp3) is 0.400. The third-order valence-corrected chi connectivity index (χ3v) is 6.44. The lowest BCUT2D eigenvalue weighted by Crippen LogP contribution is -2.35. The smallest absolute Gasteiger partial charge is 0.341 e. The van der Waals surface area contributed by atoms with E-state index in [1.165, 1.54) is 0 Å². The largest absolute Gasteiger partial charge is 0.482 e. The number of furan rings is 1. The summed E-state index contributed by atoms with van der Waals surface area (Å²) in [4.78, 5) is 26.0. The highest BCUT2D eigenvalue weighted by Gasteiger charge is 2.22. The molecular weight excluding hydrogens is 482 g/mol. The molecule has 3 aromatic rings. The number of nitrogens with zero attached hydrogens (tertiary/aromatic N) is 1. The van der Waals surface area contributed by atoms with Crippen LogP contribution in [0.3, 0.4) is 0 Å². The van der Waals surface area contributed by atoms with Crippen molar-refractivity contribution in [2.45, 2.75) is 58.5 Å². The average Bonchev–Trinajstić information content (AvgIpc) is 3.44. The molecule has 3 rings (SSSR count). The molecule has 0 spiro atoms. The van der Waals surface area contributed by atoms with Crippen LogP contribution in [0.4, 0.5) is 11.4 Å². The van der Waals surface area contributed by atoms with Crippen LogP contribution in [0.2, 0.25) is 0 Å². The molecule has 3 N–H and O–H groups in total. The van der Waals surface area contributed by atoms with Gasteiger partial charge in [0, 0.05) is 37.3 Å². The summed E-state index contributed by atoms with van der Waals surface area (Å²) >= 11 is 0. The maximum absolute atomic E-state index is 12.9. The van der Waals surface area contributed by atoms with Gasteiger partial charge in [0.05, 0.1) is 23.9 Å². The number of ether oxygens (including phenoxy) is 1. The highest BCUT2D eigenvalue weighted by molar-refractivity contribution is 5.96. The maximum Gasteiger partial charge on any atom is 0.341 e. The second-order valence-corrected chi connectivity index (χ2v) is 9.30. The van der Waals surface area contributed by atoms with E-state index in [-0.39, 0.29) is 12.5 Å². The minimum Gasteiger partial charge on any atom is -0.482 e. The van der Waals surface area contributed by atoms with E-state index < -0.39 is 5.97 Å². The number of carboxylic acids is 1. The number of carboxylic acid groups (broad SMARTS) is 1. The molecule has 0 aliphatic rings. The molecular formula is C30H39N3O5. The predicted molar refractivity (Wildman–Crippen MR) is 150 cm³/mol. The zero-order valence-corrected chi connectivity index (χ0v) is 22.5. The molecule has 1 aromatic heterocycles. The first-order valence-electron chi connectivity index (χ1n) is 13.3. The molecule has 0 fully saturated rings. The molecule has 1 heterocycles. The van der Waals surface area contributed by atoms with E-state index in [0.29, 0.717) is 30.3 Å². The van der Waals surface area contributed by atoms with Crippen LogP contribution in [-0.2, 0) is 17.8 Å². The van der Waals surface area contributed by atoms with Crippen molar-refractivity contribution in [2.24, 2.45) is 0 Å². The van der Waals surface area contributed by atoms with Crippen LogP contribution in [0, 0.1) is 0 Å². The molecule has 204 valence electrons. The Morgan fingerprint density at radius 2 is 1.76 bits per heavy atom. The Morgan fingerprint density at radius 1 is 1.03 bits per heavy atom. The standard InChI is InChI=1S/C30H39N3O5/c1-4-6-25(7-5-2)33(19-23-15-17-37-20-23)28-13-10-24(18-27(28)31-3)30(36)32-16-14-22-8-11-26(12-9-22)38-21-29(34)35/h8-13,15,17-18,20,25,31H,4-7,14,16,19,21H2,1-3H3,(H,32,36)(H,34,35).